The first-order valence-corrected chi connectivity index (χ1v) is 18.5. The van der Waals surface area contributed by atoms with Crippen molar-refractivity contribution in [2.45, 2.75) is 50.3 Å². The summed E-state index contributed by atoms with van der Waals surface area (Å²) in [6.07, 6.45) is 0.647. The molecule has 0 aliphatic carbocycles. The molecule has 16 nitrogen and oxygen atoms in total. The molecular weight excluding hydrogens is 711 g/mol. The highest BCUT2D eigenvalue weighted by Gasteiger charge is 2.35. The summed E-state index contributed by atoms with van der Waals surface area (Å²) < 4.78 is 65.4. The van der Waals surface area contributed by atoms with Gasteiger partial charge in [0, 0.05) is 41.0 Å². The van der Waals surface area contributed by atoms with Crippen LogP contribution in [0.5, 0.6) is 0 Å². The molecule has 0 atom stereocenters. The molecule has 1 aliphatic rings. The van der Waals surface area contributed by atoms with Crippen molar-refractivity contribution in [3.05, 3.63) is 77.6 Å². The molecule has 0 radical (unpaired) electrons. The maximum absolute atomic E-state index is 12.9. The third-order valence-corrected chi connectivity index (χ3v) is 9.50. The highest BCUT2D eigenvalue weighted by atomic mass is 32.2. The number of aliphatic imine (C=N–C) groups is 1. The number of carbonyl (C=O) groups is 1. The molecule has 0 bridgehead atoms. The van der Waals surface area contributed by atoms with Crippen LogP contribution in [0.25, 0.3) is 11.4 Å². The zero-order chi connectivity index (χ0) is 38.0. The molecular formula is C34H33N9O7S2. The van der Waals surface area contributed by atoms with Crippen LogP contribution in [-0.4, -0.2) is 71.2 Å². The average Bonchev–Trinajstić information content (AvgIpc) is 3.64. The summed E-state index contributed by atoms with van der Waals surface area (Å²) in [6, 6.07) is 18.4. The molecule has 0 saturated heterocycles. The first kappa shape index (κ1) is 37.5. The Labute approximate surface area is 300 Å². The lowest BCUT2D eigenvalue weighted by Crippen LogP contribution is -2.27. The fourth-order valence-electron chi connectivity index (χ4n) is 5.23. The molecule has 5 rings (SSSR count). The molecule has 18 heteroatoms. The normalized spacial score (nSPS) is 13.6. The molecule has 1 aliphatic heterocycles. The van der Waals surface area contributed by atoms with Gasteiger partial charge < -0.3 is 10.2 Å². The minimum atomic E-state index is -4.91. The van der Waals surface area contributed by atoms with Crippen molar-refractivity contribution >= 4 is 54.6 Å². The predicted octanol–water partition coefficient (Wildman–Crippen LogP) is 5.02. The largest absolute Gasteiger partial charge is 0.369 e. The molecule has 0 unspecified atom stereocenters. The van der Waals surface area contributed by atoms with E-state index in [2.05, 4.69) is 22.6 Å². The van der Waals surface area contributed by atoms with Crippen molar-refractivity contribution in [3.8, 4) is 23.5 Å². The lowest BCUT2D eigenvalue weighted by atomic mass is 9.87. The standard InChI is InChI=1S/C34H33N9O7S2/c1-21-17-25(42(15-5-13-35)16-6-14-36)11-12-28(21)38-29-30(34(2,3)4)40-43-32(29)39-31(41-43)22-7-9-24(10-8-22)37-33(44)23-18-26(51(45,46)47)20-27(19-23)52(48,49)50/h7-12,17-20H,5-6,15-16H2,1-4H3,(H,37,44)(H,45,46,47)(H,48,49,50)/b38-29-. The smallest absolute Gasteiger partial charge is 0.294 e. The van der Waals surface area contributed by atoms with Crippen LogP contribution in [0.3, 0.4) is 0 Å². The number of nitrogens with zero attached hydrogens (tertiary/aromatic N) is 8. The van der Waals surface area contributed by atoms with Crippen LogP contribution in [0.15, 0.2) is 80.5 Å². The van der Waals surface area contributed by atoms with Crippen LogP contribution < -0.4 is 10.2 Å². The zero-order valence-electron chi connectivity index (χ0n) is 28.4. The van der Waals surface area contributed by atoms with Gasteiger partial charge in [0.25, 0.3) is 26.1 Å². The number of hydrogen-bond donors (Lipinski definition) is 3. The number of anilines is 2. The fourth-order valence-corrected chi connectivity index (χ4v) is 6.41. The summed E-state index contributed by atoms with van der Waals surface area (Å²) in [5, 5.41) is 30.0. The van der Waals surface area contributed by atoms with E-state index >= 15 is 0 Å². The predicted molar refractivity (Wildman–Crippen MR) is 192 cm³/mol. The number of amides is 1. The lowest BCUT2D eigenvalue weighted by molar-refractivity contribution is 0.102. The maximum Gasteiger partial charge on any atom is 0.294 e. The molecule has 3 N–H and O–H groups in total. The second-order valence-electron chi connectivity index (χ2n) is 12.8. The van der Waals surface area contributed by atoms with Crippen LogP contribution in [0, 0.1) is 35.0 Å². The number of aryl methyl sites for hydroxylation is 1. The van der Waals surface area contributed by atoms with E-state index in [1.54, 1.807) is 12.1 Å². The van der Waals surface area contributed by atoms with Crippen molar-refractivity contribution in [3.63, 3.8) is 0 Å². The van der Waals surface area contributed by atoms with Crippen LogP contribution in [-0.2, 0) is 20.2 Å². The Balaban J connectivity index is 1.42. The Morgan fingerprint density at radius 3 is 2.04 bits per heavy atom. The number of benzene rings is 3. The molecule has 4 aromatic rings. The van der Waals surface area contributed by atoms with Crippen LogP contribution in [0.2, 0.25) is 0 Å². The van der Waals surface area contributed by atoms with Crippen LogP contribution in [0.4, 0.5) is 17.1 Å². The maximum atomic E-state index is 12.9. The number of carbonyl (C=O) groups excluding carboxylic acids is 1. The van der Waals surface area contributed by atoms with E-state index in [9.17, 15) is 30.7 Å². The number of rotatable bonds is 11. The summed E-state index contributed by atoms with van der Waals surface area (Å²) >= 11 is 0. The van der Waals surface area contributed by atoms with Crippen molar-refractivity contribution in [1.29, 1.82) is 10.5 Å². The summed E-state index contributed by atoms with van der Waals surface area (Å²) in [7, 11) is -9.81. The minimum absolute atomic E-state index is 0.249. The van der Waals surface area contributed by atoms with Crippen molar-refractivity contribution in [2.75, 3.05) is 23.3 Å². The van der Waals surface area contributed by atoms with Crippen LogP contribution >= 0.6 is 0 Å². The Bertz CT molecular complexity index is 2370. The number of fused-ring (bicyclic) bond motifs is 1. The van der Waals surface area contributed by atoms with Gasteiger partial charge in [-0.1, -0.05) is 20.8 Å². The van der Waals surface area contributed by atoms with Crippen LogP contribution in [0.1, 0.15) is 55.4 Å². The minimum Gasteiger partial charge on any atom is -0.369 e. The van der Waals surface area contributed by atoms with Gasteiger partial charge in [0.05, 0.1) is 46.2 Å². The summed E-state index contributed by atoms with van der Waals surface area (Å²) in [5.41, 5.74) is 3.59. The van der Waals surface area contributed by atoms with E-state index in [-0.39, 0.29) is 5.69 Å². The molecule has 2 heterocycles. The molecule has 52 heavy (non-hydrogen) atoms. The molecule has 3 aromatic carbocycles. The summed E-state index contributed by atoms with van der Waals surface area (Å²) in [6.45, 7) is 8.92. The second kappa shape index (κ2) is 14.4. The number of nitrogens with one attached hydrogen (secondary N) is 1. The van der Waals surface area contributed by atoms with E-state index in [0.717, 1.165) is 23.4 Å². The van der Waals surface area contributed by atoms with Crippen molar-refractivity contribution < 1.29 is 30.7 Å². The first-order chi connectivity index (χ1) is 24.4. The van der Waals surface area contributed by atoms with Gasteiger partial charge in [0.15, 0.2) is 5.82 Å². The van der Waals surface area contributed by atoms with Crippen molar-refractivity contribution in [2.24, 2.45) is 15.5 Å². The number of hydrogen-bond acceptors (Lipinski definition) is 12. The van der Waals surface area contributed by atoms with Gasteiger partial charge in [-0.15, -0.1) is 9.89 Å². The average molecular weight is 744 g/mol. The molecule has 1 aromatic heterocycles. The van der Waals surface area contributed by atoms with E-state index in [1.165, 1.54) is 16.9 Å². The Kier molecular flexibility index (Phi) is 10.4. The summed E-state index contributed by atoms with van der Waals surface area (Å²) in [5.74, 6) is -0.181. The van der Waals surface area contributed by atoms with Gasteiger partial charge in [0.2, 0.25) is 5.82 Å². The zero-order valence-corrected chi connectivity index (χ0v) is 30.1. The van der Waals surface area contributed by atoms with Gasteiger partial charge in [-0.05, 0) is 73.2 Å². The van der Waals surface area contributed by atoms with Gasteiger partial charge >= 0.3 is 0 Å². The van der Waals surface area contributed by atoms with Crippen molar-refractivity contribution in [1.82, 2.24) is 14.9 Å². The monoisotopic (exact) mass is 743 g/mol. The highest BCUT2D eigenvalue weighted by molar-refractivity contribution is 7.86. The third-order valence-electron chi connectivity index (χ3n) is 7.84. The quantitative estimate of drug-likeness (QED) is 0.172. The Morgan fingerprint density at radius 2 is 1.52 bits per heavy atom. The van der Waals surface area contributed by atoms with E-state index in [0.29, 0.717) is 66.3 Å². The van der Waals surface area contributed by atoms with Gasteiger partial charge in [0.1, 0.15) is 5.71 Å². The molecule has 0 saturated carbocycles. The van der Waals surface area contributed by atoms with Gasteiger partial charge in [-0.25, -0.2) is 9.98 Å². The van der Waals surface area contributed by atoms with Gasteiger partial charge in [-0.3, -0.25) is 13.9 Å². The lowest BCUT2D eigenvalue weighted by Gasteiger charge is -2.23. The molecule has 1 amide bonds. The van der Waals surface area contributed by atoms with E-state index < -0.39 is 46.9 Å². The Morgan fingerprint density at radius 1 is 0.923 bits per heavy atom. The van der Waals surface area contributed by atoms with E-state index in [4.69, 9.17) is 25.6 Å². The highest BCUT2D eigenvalue weighted by Crippen LogP contribution is 2.31. The van der Waals surface area contributed by atoms with E-state index in [1.807, 2.05) is 50.8 Å². The molecule has 268 valence electrons. The topological polar surface area (TPSA) is 244 Å². The third kappa shape index (κ3) is 8.39. The first-order valence-electron chi connectivity index (χ1n) is 15.7. The summed E-state index contributed by atoms with van der Waals surface area (Å²) in [4.78, 5) is 24.3. The Hall–Kier alpha value is -5.79. The fraction of sp³-hybridized carbons (Fsp3) is 0.265. The van der Waals surface area contributed by atoms with Gasteiger partial charge in [-0.2, -0.15) is 32.5 Å². The molecule has 0 spiro atoms. The SMILES string of the molecule is Cc1cc(N(CCC#N)CCC#N)ccc1/N=C1/C(C(C)(C)C)=Nn2nc(-c3ccc(NC(=O)c4cc(S(=O)(=O)O)cc(S(=O)(=O)O)c4)cc3)nc21. The number of nitriles is 2. The second-order valence-corrected chi connectivity index (χ2v) is 15.6. The number of aromatic nitrogens is 3. The molecule has 0 fully saturated rings.